The lowest BCUT2D eigenvalue weighted by Gasteiger charge is -2.29. The number of hydrogen-bond donors (Lipinski definition) is 0. The van der Waals surface area contributed by atoms with Crippen molar-refractivity contribution in [3.8, 4) is 0 Å². The Morgan fingerprint density at radius 1 is 1.17 bits per heavy atom. The molecule has 2 unspecified atom stereocenters. The maximum atomic E-state index is 12.6. The first-order valence-corrected chi connectivity index (χ1v) is 11.6. The molecule has 0 aliphatic carbocycles. The predicted molar refractivity (Wildman–Crippen MR) is 120 cm³/mol. The van der Waals surface area contributed by atoms with Crippen LogP contribution < -0.4 is 0 Å². The second-order valence-electron chi connectivity index (χ2n) is 7.72. The highest BCUT2D eigenvalue weighted by atomic mass is 32.2. The van der Waals surface area contributed by atoms with E-state index in [-0.39, 0.29) is 18.1 Å². The largest absolute Gasteiger partial charge is 0.472 e. The van der Waals surface area contributed by atoms with Crippen LogP contribution in [0.25, 0.3) is 0 Å². The molecule has 4 rings (SSSR count). The number of ether oxygens (including phenoxy) is 1. The molecule has 2 aliphatic heterocycles. The van der Waals surface area contributed by atoms with Gasteiger partial charge >= 0.3 is 0 Å². The van der Waals surface area contributed by atoms with E-state index in [4.69, 9.17) is 9.73 Å². The Bertz CT molecular complexity index is 894. The summed E-state index contributed by atoms with van der Waals surface area (Å²) >= 11 is 1.66. The topological polar surface area (TPSA) is 41.9 Å². The van der Waals surface area contributed by atoms with Crippen molar-refractivity contribution in [3.05, 3.63) is 70.8 Å². The molecule has 2 aliphatic rings. The van der Waals surface area contributed by atoms with Crippen molar-refractivity contribution in [3.63, 3.8) is 0 Å². The van der Waals surface area contributed by atoms with Gasteiger partial charge < -0.3 is 9.64 Å². The third-order valence-electron chi connectivity index (χ3n) is 5.73. The van der Waals surface area contributed by atoms with E-state index in [1.165, 1.54) is 16.7 Å². The lowest BCUT2D eigenvalue weighted by Crippen LogP contribution is -2.37. The summed E-state index contributed by atoms with van der Waals surface area (Å²) in [4.78, 5) is 19.4. The number of aryl methyl sites for hydroxylation is 1. The molecule has 2 aromatic rings. The van der Waals surface area contributed by atoms with Crippen LogP contribution in [0.15, 0.2) is 53.5 Å². The van der Waals surface area contributed by atoms with Gasteiger partial charge in [0, 0.05) is 24.4 Å². The second-order valence-corrected chi connectivity index (χ2v) is 8.75. The average Bonchev–Trinajstić information content (AvgIpc) is 3.14. The van der Waals surface area contributed by atoms with Crippen molar-refractivity contribution in [2.45, 2.75) is 45.4 Å². The molecule has 0 radical (unpaired) electrons. The Kier molecular flexibility index (Phi) is 6.24. The summed E-state index contributed by atoms with van der Waals surface area (Å²) in [7, 11) is 0. The number of aliphatic imine (C=N–C) groups is 1. The zero-order valence-electron chi connectivity index (χ0n) is 17.1. The fourth-order valence-electron chi connectivity index (χ4n) is 3.81. The number of nitrogens with zero attached hydrogens (tertiary/aromatic N) is 2. The van der Waals surface area contributed by atoms with Crippen LogP contribution in [-0.2, 0) is 28.9 Å². The Morgan fingerprint density at radius 3 is 2.69 bits per heavy atom. The quantitative estimate of drug-likeness (QED) is 0.723. The van der Waals surface area contributed by atoms with Crippen molar-refractivity contribution in [2.24, 2.45) is 4.99 Å². The summed E-state index contributed by atoms with van der Waals surface area (Å²) in [5, 5.41) is 0. The minimum absolute atomic E-state index is 0.0420. The normalized spacial score (nSPS) is 20.8. The van der Waals surface area contributed by atoms with Crippen LogP contribution in [0.3, 0.4) is 0 Å². The molecule has 5 heteroatoms. The summed E-state index contributed by atoms with van der Waals surface area (Å²) in [5.74, 6) is 2.25. The van der Waals surface area contributed by atoms with Crippen LogP contribution in [-0.4, -0.2) is 46.9 Å². The fraction of sp³-hybridized carbons (Fsp3) is 0.417. The van der Waals surface area contributed by atoms with Crippen LogP contribution in [0.2, 0.25) is 0 Å². The molecule has 29 heavy (non-hydrogen) atoms. The van der Waals surface area contributed by atoms with E-state index < -0.39 is 0 Å². The number of hydrogen-bond acceptors (Lipinski definition) is 4. The number of fused-ring (bicyclic) bond motifs is 1. The molecule has 1 amide bonds. The lowest BCUT2D eigenvalue weighted by molar-refractivity contribution is -0.129. The Hall–Kier alpha value is -2.27. The van der Waals surface area contributed by atoms with Crippen molar-refractivity contribution < 1.29 is 9.53 Å². The van der Waals surface area contributed by atoms with E-state index in [1.54, 1.807) is 11.8 Å². The van der Waals surface area contributed by atoms with Gasteiger partial charge in [0.25, 0.3) is 0 Å². The van der Waals surface area contributed by atoms with Gasteiger partial charge in [0.2, 0.25) is 11.8 Å². The summed E-state index contributed by atoms with van der Waals surface area (Å²) in [6.45, 7) is 5.76. The van der Waals surface area contributed by atoms with Crippen molar-refractivity contribution >= 4 is 23.6 Å². The van der Waals surface area contributed by atoms with E-state index in [0.29, 0.717) is 5.75 Å². The smallest absolute Gasteiger partial charge is 0.232 e. The number of rotatable bonds is 6. The summed E-state index contributed by atoms with van der Waals surface area (Å²) in [5.41, 5.74) is 4.99. The highest BCUT2D eigenvalue weighted by Gasteiger charge is 2.28. The first-order valence-electron chi connectivity index (χ1n) is 10.4. The van der Waals surface area contributed by atoms with Gasteiger partial charge in [0.15, 0.2) is 0 Å². The maximum absolute atomic E-state index is 12.6. The maximum Gasteiger partial charge on any atom is 0.232 e. The highest BCUT2D eigenvalue weighted by molar-refractivity contribution is 8.00. The first kappa shape index (κ1) is 20.0. The van der Waals surface area contributed by atoms with E-state index in [1.807, 2.05) is 4.90 Å². The standard InChI is InChI=1S/C24H28N2O2S/c1-3-18-8-10-20(11-9-18)24-25-22(17(2)28-24)15-29-16-23(27)26-13-12-19-6-4-5-7-21(19)14-26/h4-11,17,22H,3,12-16H2,1-2H3. The van der Waals surface area contributed by atoms with E-state index in [2.05, 4.69) is 62.4 Å². The summed E-state index contributed by atoms with van der Waals surface area (Å²) in [6, 6.07) is 16.9. The summed E-state index contributed by atoms with van der Waals surface area (Å²) < 4.78 is 5.99. The SMILES string of the molecule is CCc1ccc(C2=NC(CSCC(=O)N3CCc4ccccc4C3)C(C)O2)cc1. The molecule has 0 saturated carbocycles. The van der Waals surface area contributed by atoms with Gasteiger partial charge in [-0.1, -0.05) is 43.3 Å². The van der Waals surface area contributed by atoms with Crippen LogP contribution >= 0.6 is 11.8 Å². The van der Waals surface area contributed by atoms with Crippen molar-refractivity contribution in [1.29, 1.82) is 0 Å². The van der Waals surface area contributed by atoms with Crippen LogP contribution in [0, 0.1) is 0 Å². The van der Waals surface area contributed by atoms with Crippen molar-refractivity contribution in [1.82, 2.24) is 4.90 Å². The highest BCUT2D eigenvalue weighted by Crippen LogP contribution is 2.23. The number of thioether (sulfide) groups is 1. The first-order chi connectivity index (χ1) is 14.1. The third kappa shape index (κ3) is 4.67. The Morgan fingerprint density at radius 2 is 1.93 bits per heavy atom. The van der Waals surface area contributed by atoms with Gasteiger partial charge in [0.1, 0.15) is 6.10 Å². The van der Waals surface area contributed by atoms with Crippen LogP contribution in [0.5, 0.6) is 0 Å². The molecule has 2 atom stereocenters. The Balaban J connectivity index is 1.29. The van der Waals surface area contributed by atoms with E-state index in [9.17, 15) is 4.79 Å². The minimum atomic E-state index is 0.0420. The number of carbonyl (C=O) groups is 1. The number of amides is 1. The summed E-state index contributed by atoms with van der Waals surface area (Å²) in [6.07, 6.45) is 2.02. The Labute approximate surface area is 177 Å². The predicted octanol–water partition coefficient (Wildman–Crippen LogP) is 4.10. The number of carbonyl (C=O) groups excluding carboxylic acids is 1. The minimum Gasteiger partial charge on any atom is -0.472 e. The number of benzene rings is 2. The van der Waals surface area contributed by atoms with E-state index >= 15 is 0 Å². The van der Waals surface area contributed by atoms with Crippen molar-refractivity contribution in [2.75, 3.05) is 18.1 Å². The monoisotopic (exact) mass is 408 g/mol. The van der Waals surface area contributed by atoms with E-state index in [0.717, 1.165) is 43.1 Å². The molecule has 0 spiro atoms. The molecule has 152 valence electrons. The molecule has 0 fully saturated rings. The molecule has 2 aromatic carbocycles. The lowest BCUT2D eigenvalue weighted by atomic mass is 10.00. The van der Waals surface area contributed by atoms with Crippen LogP contribution in [0.4, 0.5) is 0 Å². The van der Waals surface area contributed by atoms with Gasteiger partial charge in [-0.25, -0.2) is 4.99 Å². The zero-order chi connectivity index (χ0) is 20.2. The second kappa shape index (κ2) is 9.04. The molecule has 0 N–H and O–H groups in total. The zero-order valence-corrected chi connectivity index (χ0v) is 18.0. The van der Waals surface area contributed by atoms with Crippen LogP contribution in [0.1, 0.15) is 36.1 Å². The molecule has 0 saturated heterocycles. The fourth-order valence-corrected chi connectivity index (χ4v) is 4.87. The molecular weight excluding hydrogens is 380 g/mol. The van der Waals surface area contributed by atoms with Gasteiger partial charge in [-0.3, -0.25) is 4.79 Å². The van der Waals surface area contributed by atoms with Gasteiger partial charge in [0.05, 0.1) is 11.8 Å². The third-order valence-corrected chi connectivity index (χ3v) is 6.76. The van der Waals surface area contributed by atoms with Gasteiger partial charge in [-0.15, -0.1) is 11.8 Å². The van der Waals surface area contributed by atoms with Gasteiger partial charge in [-0.2, -0.15) is 0 Å². The molecule has 2 heterocycles. The molecule has 0 aromatic heterocycles. The molecule has 4 nitrogen and oxygen atoms in total. The average molecular weight is 409 g/mol. The van der Waals surface area contributed by atoms with Gasteiger partial charge in [-0.05, 0) is 48.6 Å². The molecule has 0 bridgehead atoms. The molecular formula is C24H28N2O2S.